The summed E-state index contributed by atoms with van der Waals surface area (Å²) in [5, 5.41) is 3.03. The summed E-state index contributed by atoms with van der Waals surface area (Å²) < 4.78 is 5.11. The molecule has 0 saturated carbocycles. The molecule has 1 N–H and O–H groups in total. The Bertz CT molecular complexity index is 1030. The molecule has 0 radical (unpaired) electrons. The number of benzene rings is 1. The quantitative estimate of drug-likeness (QED) is 0.745. The Kier molecular flexibility index (Phi) is 6.91. The van der Waals surface area contributed by atoms with E-state index in [0.717, 1.165) is 4.90 Å². The monoisotopic (exact) mass is 442 g/mol. The number of anilines is 1. The van der Waals surface area contributed by atoms with Gasteiger partial charge in [-0.05, 0) is 50.6 Å². The molecule has 31 heavy (non-hydrogen) atoms. The van der Waals surface area contributed by atoms with Crippen molar-refractivity contribution in [1.82, 2.24) is 15.2 Å². The fraction of sp³-hybridized carbons (Fsp3) is 0.273. The topological polar surface area (TPSA) is 91.8 Å². The highest BCUT2D eigenvalue weighted by atomic mass is 35.5. The molecular weight excluding hydrogens is 420 g/mol. The molecule has 162 valence electrons. The normalized spacial score (nSPS) is 16.1. The summed E-state index contributed by atoms with van der Waals surface area (Å²) in [6, 6.07) is 8.47. The van der Waals surface area contributed by atoms with E-state index in [-0.39, 0.29) is 18.1 Å². The zero-order chi connectivity index (χ0) is 22.5. The van der Waals surface area contributed by atoms with Gasteiger partial charge in [0.1, 0.15) is 6.04 Å². The van der Waals surface area contributed by atoms with E-state index in [1.54, 1.807) is 67.5 Å². The van der Waals surface area contributed by atoms with Crippen LogP contribution in [0.1, 0.15) is 32.4 Å². The van der Waals surface area contributed by atoms with Gasteiger partial charge in [-0.25, -0.2) is 14.5 Å². The smallest absolute Gasteiger partial charge is 0.418 e. The van der Waals surface area contributed by atoms with Crippen LogP contribution >= 0.6 is 11.6 Å². The third-order valence-electron chi connectivity index (χ3n) is 4.84. The van der Waals surface area contributed by atoms with Gasteiger partial charge in [-0.2, -0.15) is 0 Å². The number of halogens is 1. The Morgan fingerprint density at radius 2 is 1.94 bits per heavy atom. The number of likely N-dealkylation sites (N-methyl/N-ethyl adjacent to an activating group) is 1. The first kappa shape index (κ1) is 22.3. The zero-order valence-corrected chi connectivity index (χ0v) is 18.2. The molecule has 1 unspecified atom stereocenters. The summed E-state index contributed by atoms with van der Waals surface area (Å²) in [5.74, 6) is -0.356. The van der Waals surface area contributed by atoms with Gasteiger partial charge >= 0.3 is 12.1 Å². The predicted octanol–water partition coefficient (Wildman–Crippen LogP) is 4.28. The summed E-state index contributed by atoms with van der Waals surface area (Å²) in [5.41, 5.74) is 1.76. The molecule has 0 saturated heterocycles. The number of allylic oxidation sites excluding steroid dienone is 1. The number of carbonyl (C=O) groups is 3. The van der Waals surface area contributed by atoms with Crippen molar-refractivity contribution in [2.75, 3.05) is 18.1 Å². The minimum Gasteiger partial charge on any atom is -0.449 e. The molecule has 0 bridgehead atoms. The lowest BCUT2D eigenvalue weighted by atomic mass is 9.93. The molecule has 1 aromatic carbocycles. The highest BCUT2D eigenvalue weighted by Crippen LogP contribution is 2.36. The maximum Gasteiger partial charge on any atom is 0.418 e. The number of ether oxygens (including phenoxy) is 1. The number of imide groups is 1. The largest absolute Gasteiger partial charge is 0.449 e. The Labute approximate surface area is 185 Å². The number of hydrogen-bond acceptors (Lipinski definition) is 5. The lowest BCUT2D eigenvalue weighted by Crippen LogP contribution is -2.52. The second kappa shape index (κ2) is 9.61. The van der Waals surface area contributed by atoms with E-state index in [1.165, 1.54) is 0 Å². The first-order valence-electron chi connectivity index (χ1n) is 9.84. The number of urea groups is 1. The number of carbonyl (C=O) groups excluding carboxylic acids is 3. The highest BCUT2D eigenvalue weighted by Gasteiger charge is 2.43. The van der Waals surface area contributed by atoms with Gasteiger partial charge in [0.15, 0.2) is 0 Å². The van der Waals surface area contributed by atoms with Gasteiger partial charge in [0.05, 0.1) is 12.2 Å². The molecule has 3 rings (SSSR count). The summed E-state index contributed by atoms with van der Waals surface area (Å²) in [6.07, 6.45) is 2.33. The number of nitrogens with zero attached hydrogens (tertiary/aromatic N) is 3. The molecule has 2 heterocycles. The Balaban J connectivity index is 2.16. The van der Waals surface area contributed by atoms with Crippen LogP contribution in [0.4, 0.5) is 15.3 Å². The van der Waals surface area contributed by atoms with Crippen LogP contribution < -0.4 is 10.2 Å². The van der Waals surface area contributed by atoms with E-state index in [2.05, 4.69) is 10.3 Å². The number of pyridine rings is 1. The van der Waals surface area contributed by atoms with E-state index in [4.69, 9.17) is 16.3 Å². The third kappa shape index (κ3) is 4.54. The molecule has 9 heteroatoms. The zero-order valence-electron chi connectivity index (χ0n) is 17.5. The van der Waals surface area contributed by atoms with Crippen LogP contribution in [-0.2, 0) is 9.53 Å². The van der Waals surface area contributed by atoms with Crippen molar-refractivity contribution in [3.63, 3.8) is 0 Å². The standard InChI is InChI=1S/C22H23ClN4O4/c1-4-26(17-9-11-24-12-10-17)20(28)18-14(3)25-21(29)27(22(30)31-5-2)19(18)15-7-6-8-16(23)13-15/h6-13,19H,4-5H2,1-3H3,(H,25,29). The Hall–Kier alpha value is -3.39. The molecule has 1 atom stereocenters. The van der Waals surface area contributed by atoms with Gasteiger partial charge in [-0.15, -0.1) is 0 Å². The second-order valence-corrected chi connectivity index (χ2v) is 7.19. The van der Waals surface area contributed by atoms with E-state index >= 15 is 0 Å². The summed E-state index contributed by atoms with van der Waals surface area (Å²) in [4.78, 5) is 45.7. The minimum absolute atomic E-state index is 0.0783. The van der Waals surface area contributed by atoms with Crippen LogP contribution in [0.5, 0.6) is 0 Å². The fourth-order valence-corrected chi connectivity index (χ4v) is 3.70. The molecule has 4 amide bonds. The maximum absolute atomic E-state index is 13.7. The van der Waals surface area contributed by atoms with Crippen molar-refractivity contribution >= 4 is 35.3 Å². The number of hydrogen-bond donors (Lipinski definition) is 1. The van der Waals surface area contributed by atoms with Crippen LogP contribution in [0.3, 0.4) is 0 Å². The average Bonchev–Trinajstić information content (AvgIpc) is 2.74. The maximum atomic E-state index is 13.7. The predicted molar refractivity (Wildman–Crippen MR) is 117 cm³/mol. The van der Waals surface area contributed by atoms with Gasteiger partial charge < -0.3 is 15.0 Å². The van der Waals surface area contributed by atoms with Gasteiger partial charge in [0.2, 0.25) is 0 Å². The van der Waals surface area contributed by atoms with E-state index in [1.807, 2.05) is 6.92 Å². The number of amides is 4. The van der Waals surface area contributed by atoms with Crippen LogP contribution in [0.2, 0.25) is 5.02 Å². The Morgan fingerprint density at radius 3 is 2.55 bits per heavy atom. The minimum atomic E-state index is -1.00. The van der Waals surface area contributed by atoms with Gasteiger partial charge in [0.25, 0.3) is 5.91 Å². The van der Waals surface area contributed by atoms with Crippen LogP contribution in [-0.4, -0.2) is 41.1 Å². The van der Waals surface area contributed by atoms with Gasteiger partial charge in [0, 0.05) is 35.3 Å². The first-order valence-corrected chi connectivity index (χ1v) is 10.2. The molecule has 0 spiro atoms. The fourth-order valence-electron chi connectivity index (χ4n) is 3.50. The van der Waals surface area contributed by atoms with Crippen molar-refractivity contribution < 1.29 is 19.1 Å². The summed E-state index contributed by atoms with van der Waals surface area (Å²) >= 11 is 6.18. The first-order chi connectivity index (χ1) is 14.9. The van der Waals surface area contributed by atoms with Gasteiger partial charge in [-0.1, -0.05) is 23.7 Å². The second-order valence-electron chi connectivity index (χ2n) is 6.75. The average molecular weight is 443 g/mol. The molecule has 1 aliphatic rings. The van der Waals surface area contributed by atoms with Crippen molar-refractivity contribution in [3.8, 4) is 0 Å². The molecule has 2 aromatic rings. The summed E-state index contributed by atoms with van der Waals surface area (Å²) in [6.45, 7) is 5.56. The lowest BCUT2D eigenvalue weighted by molar-refractivity contribution is -0.115. The van der Waals surface area contributed by atoms with Gasteiger partial charge in [-0.3, -0.25) is 9.78 Å². The van der Waals surface area contributed by atoms with Crippen molar-refractivity contribution in [3.05, 3.63) is 70.6 Å². The third-order valence-corrected chi connectivity index (χ3v) is 5.08. The lowest BCUT2D eigenvalue weighted by Gasteiger charge is -2.37. The number of rotatable bonds is 5. The molecule has 0 fully saturated rings. The van der Waals surface area contributed by atoms with E-state index < -0.39 is 18.2 Å². The summed E-state index contributed by atoms with van der Waals surface area (Å²) in [7, 11) is 0. The van der Waals surface area contributed by atoms with Crippen LogP contribution in [0.15, 0.2) is 60.1 Å². The molecule has 1 aromatic heterocycles. The molecule has 8 nitrogen and oxygen atoms in total. The number of aromatic nitrogens is 1. The van der Waals surface area contributed by atoms with Crippen molar-refractivity contribution in [1.29, 1.82) is 0 Å². The van der Waals surface area contributed by atoms with E-state index in [0.29, 0.717) is 28.5 Å². The highest BCUT2D eigenvalue weighted by molar-refractivity contribution is 6.30. The van der Waals surface area contributed by atoms with Crippen molar-refractivity contribution in [2.45, 2.75) is 26.8 Å². The molecule has 0 aliphatic carbocycles. The molecule has 1 aliphatic heterocycles. The SMILES string of the molecule is CCOC(=O)N1C(=O)NC(C)=C(C(=O)N(CC)c2ccncc2)C1c1cccc(Cl)c1. The number of nitrogens with one attached hydrogen (secondary N) is 1. The Morgan fingerprint density at radius 1 is 1.23 bits per heavy atom. The van der Waals surface area contributed by atoms with Crippen LogP contribution in [0, 0.1) is 0 Å². The van der Waals surface area contributed by atoms with Crippen molar-refractivity contribution in [2.24, 2.45) is 0 Å². The van der Waals surface area contributed by atoms with Crippen LogP contribution in [0.25, 0.3) is 0 Å². The van der Waals surface area contributed by atoms with E-state index in [9.17, 15) is 14.4 Å². The molecular formula is C22H23ClN4O4.